The highest BCUT2D eigenvalue weighted by Crippen LogP contribution is 2.28. The molecule has 1 unspecified atom stereocenters. The number of nitrogens with zero attached hydrogens (tertiary/aromatic N) is 1. The normalized spacial score (nSPS) is 20.2. The first-order chi connectivity index (χ1) is 11.1. The Labute approximate surface area is 152 Å². The minimum absolute atomic E-state index is 0.164. The summed E-state index contributed by atoms with van der Waals surface area (Å²) in [5, 5.41) is 0. The van der Waals surface area contributed by atoms with Gasteiger partial charge in [-0.1, -0.05) is 28.1 Å². The lowest BCUT2D eigenvalue weighted by molar-refractivity contribution is -0.0939. The first kappa shape index (κ1) is 19.2. The first-order valence-electron chi connectivity index (χ1n) is 8.07. The van der Waals surface area contributed by atoms with Gasteiger partial charge in [0, 0.05) is 4.47 Å². The van der Waals surface area contributed by atoms with E-state index in [0.717, 1.165) is 10.0 Å². The van der Waals surface area contributed by atoms with Crippen LogP contribution in [0.15, 0.2) is 28.7 Å². The van der Waals surface area contributed by atoms with Crippen LogP contribution in [0.2, 0.25) is 0 Å². The molecule has 6 heteroatoms. The molecule has 1 aliphatic heterocycles. The first-order valence-corrected chi connectivity index (χ1v) is 8.87. The smallest absolute Gasteiger partial charge is 0.412 e. The molecular formula is C18H26BrNO4. The number of hydrogen-bond acceptors (Lipinski definition) is 4. The fourth-order valence-electron chi connectivity index (χ4n) is 2.52. The Morgan fingerprint density at radius 1 is 1.33 bits per heavy atom. The van der Waals surface area contributed by atoms with E-state index in [-0.39, 0.29) is 12.2 Å². The zero-order valence-corrected chi connectivity index (χ0v) is 16.6. The summed E-state index contributed by atoms with van der Waals surface area (Å²) in [5.41, 5.74) is -0.128. The Kier molecular flexibility index (Phi) is 5.94. The van der Waals surface area contributed by atoms with Crippen molar-refractivity contribution in [1.82, 2.24) is 4.90 Å². The third-order valence-electron chi connectivity index (χ3n) is 3.59. The molecule has 0 saturated carbocycles. The Morgan fingerprint density at radius 2 is 1.96 bits per heavy atom. The Hall–Kier alpha value is -1.11. The second-order valence-electron chi connectivity index (χ2n) is 7.42. The maximum absolute atomic E-state index is 12.3. The molecule has 1 heterocycles. The third kappa shape index (κ3) is 5.46. The standard InChI is InChI=1S/C18H26BrNO4/c1-17(2,3)24-16(21)20-10-15(23-18(20,4)5)12-22-11-13-6-8-14(19)9-7-13/h6-9,15H,10-12H2,1-5H3. The Morgan fingerprint density at radius 3 is 2.54 bits per heavy atom. The Balaban J connectivity index is 1.85. The number of carbonyl (C=O) groups is 1. The molecule has 0 aromatic heterocycles. The minimum Gasteiger partial charge on any atom is -0.444 e. The van der Waals surface area contributed by atoms with Crippen LogP contribution in [0.3, 0.4) is 0 Å². The van der Waals surface area contributed by atoms with Gasteiger partial charge in [0.15, 0.2) is 0 Å². The third-order valence-corrected chi connectivity index (χ3v) is 4.12. The van der Waals surface area contributed by atoms with Gasteiger partial charge in [-0.15, -0.1) is 0 Å². The number of rotatable bonds is 4. The van der Waals surface area contributed by atoms with Crippen LogP contribution >= 0.6 is 15.9 Å². The molecule has 5 nitrogen and oxygen atoms in total. The SMILES string of the molecule is CC(C)(C)OC(=O)N1CC(COCc2ccc(Br)cc2)OC1(C)C. The number of amides is 1. The van der Waals surface area contributed by atoms with Gasteiger partial charge >= 0.3 is 6.09 Å². The van der Waals surface area contributed by atoms with Gasteiger partial charge in [-0.25, -0.2) is 4.79 Å². The predicted octanol–water partition coefficient (Wildman–Crippen LogP) is 4.34. The van der Waals surface area contributed by atoms with Crippen LogP contribution in [-0.4, -0.2) is 41.6 Å². The van der Waals surface area contributed by atoms with E-state index in [1.54, 1.807) is 4.90 Å². The number of hydrogen-bond donors (Lipinski definition) is 0. The van der Waals surface area contributed by atoms with Gasteiger partial charge in [0.05, 0.1) is 19.8 Å². The highest BCUT2D eigenvalue weighted by molar-refractivity contribution is 9.10. The molecule has 1 aromatic carbocycles. The summed E-state index contributed by atoms with van der Waals surface area (Å²) in [7, 11) is 0. The van der Waals surface area contributed by atoms with Gasteiger partial charge in [-0.3, -0.25) is 4.90 Å². The highest BCUT2D eigenvalue weighted by Gasteiger charge is 2.44. The van der Waals surface area contributed by atoms with Crippen molar-refractivity contribution < 1.29 is 19.0 Å². The van der Waals surface area contributed by atoms with E-state index in [9.17, 15) is 4.79 Å². The van der Waals surface area contributed by atoms with Crippen molar-refractivity contribution in [2.75, 3.05) is 13.2 Å². The molecular weight excluding hydrogens is 374 g/mol. The molecule has 1 fully saturated rings. The van der Waals surface area contributed by atoms with Crippen LogP contribution in [0.25, 0.3) is 0 Å². The monoisotopic (exact) mass is 399 g/mol. The van der Waals surface area contributed by atoms with Crippen molar-refractivity contribution in [3.05, 3.63) is 34.3 Å². The molecule has 1 aromatic rings. The van der Waals surface area contributed by atoms with Crippen molar-refractivity contribution in [2.45, 2.75) is 58.7 Å². The van der Waals surface area contributed by atoms with Gasteiger partial charge in [-0.2, -0.15) is 0 Å². The molecule has 1 amide bonds. The summed E-state index contributed by atoms with van der Waals surface area (Å²) < 4.78 is 18.2. The van der Waals surface area contributed by atoms with Crippen molar-refractivity contribution >= 4 is 22.0 Å². The molecule has 2 rings (SSSR count). The van der Waals surface area contributed by atoms with Crippen molar-refractivity contribution in [3.63, 3.8) is 0 Å². The maximum atomic E-state index is 12.3. The summed E-state index contributed by atoms with van der Waals surface area (Å²) in [6.07, 6.45) is -0.522. The van der Waals surface area contributed by atoms with Gasteiger partial charge in [-0.05, 0) is 52.3 Å². The summed E-state index contributed by atoms with van der Waals surface area (Å²) in [5.74, 6) is 0. The molecule has 0 spiro atoms. The molecule has 24 heavy (non-hydrogen) atoms. The fraction of sp³-hybridized carbons (Fsp3) is 0.611. The summed E-state index contributed by atoms with van der Waals surface area (Å²) in [4.78, 5) is 13.9. The van der Waals surface area contributed by atoms with E-state index in [2.05, 4.69) is 15.9 Å². The van der Waals surface area contributed by atoms with E-state index in [1.807, 2.05) is 58.9 Å². The molecule has 134 valence electrons. The fourth-order valence-corrected chi connectivity index (χ4v) is 2.78. The number of halogens is 1. The number of benzene rings is 1. The molecule has 1 aliphatic rings. The molecule has 0 N–H and O–H groups in total. The van der Waals surface area contributed by atoms with E-state index < -0.39 is 11.3 Å². The molecule has 0 bridgehead atoms. The van der Waals surface area contributed by atoms with Crippen LogP contribution in [0, 0.1) is 0 Å². The van der Waals surface area contributed by atoms with E-state index in [0.29, 0.717) is 19.8 Å². The highest BCUT2D eigenvalue weighted by atomic mass is 79.9. The van der Waals surface area contributed by atoms with Crippen LogP contribution in [0.5, 0.6) is 0 Å². The maximum Gasteiger partial charge on any atom is 0.412 e. The van der Waals surface area contributed by atoms with Crippen LogP contribution in [-0.2, 0) is 20.8 Å². The molecule has 1 saturated heterocycles. The summed E-state index contributed by atoms with van der Waals surface area (Å²) in [6.45, 7) is 10.7. The second kappa shape index (κ2) is 7.42. The largest absolute Gasteiger partial charge is 0.444 e. The summed E-state index contributed by atoms with van der Waals surface area (Å²) >= 11 is 3.41. The number of carbonyl (C=O) groups excluding carboxylic acids is 1. The molecule has 1 atom stereocenters. The van der Waals surface area contributed by atoms with Crippen molar-refractivity contribution in [2.24, 2.45) is 0 Å². The van der Waals surface area contributed by atoms with Gasteiger partial charge in [0.2, 0.25) is 0 Å². The topological polar surface area (TPSA) is 48.0 Å². The van der Waals surface area contributed by atoms with E-state index >= 15 is 0 Å². The Bertz CT molecular complexity index is 565. The lowest BCUT2D eigenvalue weighted by atomic mass is 10.2. The lowest BCUT2D eigenvalue weighted by Gasteiger charge is -2.31. The van der Waals surface area contributed by atoms with Crippen LogP contribution in [0.1, 0.15) is 40.2 Å². The second-order valence-corrected chi connectivity index (χ2v) is 8.33. The van der Waals surface area contributed by atoms with E-state index in [1.165, 1.54) is 0 Å². The van der Waals surface area contributed by atoms with Crippen LogP contribution in [0.4, 0.5) is 4.79 Å². The lowest BCUT2D eigenvalue weighted by Crippen LogP contribution is -2.46. The molecule has 0 aliphatic carbocycles. The average molecular weight is 400 g/mol. The minimum atomic E-state index is -0.700. The van der Waals surface area contributed by atoms with Gasteiger partial charge in [0.1, 0.15) is 17.4 Å². The summed E-state index contributed by atoms with van der Waals surface area (Å²) in [6, 6.07) is 7.99. The van der Waals surface area contributed by atoms with Gasteiger partial charge < -0.3 is 14.2 Å². The van der Waals surface area contributed by atoms with Crippen LogP contribution < -0.4 is 0 Å². The van der Waals surface area contributed by atoms with Crippen molar-refractivity contribution in [1.29, 1.82) is 0 Å². The van der Waals surface area contributed by atoms with E-state index in [4.69, 9.17) is 14.2 Å². The average Bonchev–Trinajstić information content (AvgIpc) is 2.74. The predicted molar refractivity (Wildman–Crippen MR) is 95.7 cm³/mol. The number of ether oxygens (including phenoxy) is 3. The zero-order chi connectivity index (χ0) is 18.0. The zero-order valence-electron chi connectivity index (χ0n) is 15.0. The molecule has 0 radical (unpaired) electrons. The van der Waals surface area contributed by atoms with Gasteiger partial charge in [0.25, 0.3) is 0 Å². The quantitative estimate of drug-likeness (QED) is 0.755. The van der Waals surface area contributed by atoms with Crippen molar-refractivity contribution in [3.8, 4) is 0 Å².